The van der Waals surface area contributed by atoms with Gasteiger partial charge in [-0.3, -0.25) is 4.57 Å². The van der Waals surface area contributed by atoms with Crippen LogP contribution in [0.15, 0.2) is 12.3 Å². The number of anilines is 1. The molecule has 4 rings (SSSR count). The minimum atomic E-state index is -4.85. The van der Waals surface area contributed by atoms with Gasteiger partial charge in [-0.1, -0.05) is 26.7 Å². The van der Waals surface area contributed by atoms with Crippen molar-refractivity contribution in [3.63, 3.8) is 0 Å². The largest absolute Gasteiger partial charge is 0.477 e. The molecule has 0 unspecified atom stereocenters. The van der Waals surface area contributed by atoms with Crippen molar-refractivity contribution in [2.24, 2.45) is 5.92 Å². The van der Waals surface area contributed by atoms with Crippen molar-refractivity contribution in [3.8, 4) is 5.88 Å². The molecule has 2 aromatic heterocycles. The molecule has 0 radical (unpaired) electrons. The van der Waals surface area contributed by atoms with Gasteiger partial charge in [-0.05, 0) is 18.8 Å². The Morgan fingerprint density at radius 2 is 1.94 bits per heavy atom. The Labute approximate surface area is 208 Å². The zero-order valence-corrected chi connectivity index (χ0v) is 21.8. The quantitative estimate of drug-likeness (QED) is 0.265. The predicted molar refractivity (Wildman–Crippen MR) is 130 cm³/mol. The van der Waals surface area contributed by atoms with Crippen LogP contribution in [0.5, 0.6) is 5.88 Å². The number of pyridine rings is 1. The summed E-state index contributed by atoms with van der Waals surface area (Å²) in [5.41, 5.74) is -0.316. The van der Waals surface area contributed by atoms with Gasteiger partial charge < -0.3 is 34.8 Å². The molecular formula is C21H33N4O9PS. The van der Waals surface area contributed by atoms with Gasteiger partial charge in [0.05, 0.1) is 29.6 Å². The molecule has 2 aliphatic rings. The molecule has 1 saturated carbocycles. The molecule has 0 aromatic carbocycles. The third-order valence-electron chi connectivity index (χ3n) is 6.18. The first-order valence-corrected chi connectivity index (χ1v) is 15.5. The summed E-state index contributed by atoms with van der Waals surface area (Å²) in [5.74, 6) is -0.284. The lowest BCUT2D eigenvalue weighted by Gasteiger charge is -2.18. The summed E-state index contributed by atoms with van der Waals surface area (Å²) in [4.78, 5) is 22.6. The van der Waals surface area contributed by atoms with E-state index >= 15 is 0 Å². The number of aliphatic hydroxyl groups is 2. The van der Waals surface area contributed by atoms with Crippen molar-refractivity contribution >= 4 is 34.2 Å². The van der Waals surface area contributed by atoms with Crippen molar-refractivity contribution < 1.29 is 42.5 Å². The van der Waals surface area contributed by atoms with Gasteiger partial charge in [-0.25, -0.2) is 13.1 Å². The third-order valence-corrected chi connectivity index (χ3v) is 9.94. The van der Waals surface area contributed by atoms with Gasteiger partial charge in [-0.15, -0.1) is 0 Å². The summed E-state index contributed by atoms with van der Waals surface area (Å²) in [5, 5.41) is 29.6. The highest BCUT2D eigenvalue weighted by Gasteiger charge is 2.47. The minimum Gasteiger partial charge on any atom is -0.477 e. The number of nitrogens with zero attached hydrogens (tertiary/aromatic N) is 3. The van der Waals surface area contributed by atoms with E-state index in [0.29, 0.717) is 23.5 Å². The molecule has 3 heterocycles. The zero-order chi connectivity index (χ0) is 26.3. The zero-order valence-electron chi connectivity index (χ0n) is 20.1. The number of sulfone groups is 1. The van der Waals surface area contributed by atoms with Crippen molar-refractivity contribution in [1.82, 2.24) is 14.8 Å². The maximum atomic E-state index is 12.2. The van der Waals surface area contributed by atoms with Gasteiger partial charge in [0.2, 0.25) is 5.88 Å². The van der Waals surface area contributed by atoms with E-state index in [1.807, 2.05) is 13.8 Å². The van der Waals surface area contributed by atoms with E-state index in [4.69, 9.17) is 19.3 Å². The fourth-order valence-electron chi connectivity index (χ4n) is 4.54. The Morgan fingerprint density at radius 1 is 1.25 bits per heavy atom. The second-order valence-electron chi connectivity index (χ2n) is 9.92. The normalized spacial score (nSPS) is 25.8. The van der Waals surface area contributed by atoms with Gasteiger partial charge in [0.1, 0.15) is 18.3 Å². The van der Waals surface area contributed by atoms with E-state index in [9.17, 15) is 23.2 Å². The molecule has 4 atom stereocenters. The Hall–Kier alpha value is -1.80. The molecule has 0 bridgehead atoms. The number of aromatic nitrogens is 3. The molecular weight excluding hydrogens is 515 g/mol. The van der Waals surface area contributed by atoms with Crippen LogP contribution < -0.4 is 10.1 Å². The summed E-state index contributed by atoms with van der Waals surface area (Å²) >= 11 is 0. The highest BCUT2D eigenvalue weighted by Crippen LogP contribution is 2.39. The molecule has 1 aliphatic carbocycles. The predicted octanol–water partition coefficient (Wildman–Crippen LogP) is 0.990. The van der Waals surface area contributed by atoms with Gasteiger partial charge in [0.15, 0.2) is 27.2 Å². The lowest BCUT2D eigenvalue weighted by Crippen LogP contribution is -2.36. The fourth-order valence-corrected chi connectivity index (χ4v) is 7.79. The SMILES string of the molecule is CC(C)COc1cc(NC2CCCC2)c2cnn([C@@H]3O[C@H](CS(=O)(=O)CP(=O)(O)O)[C@@H](O)[C@H]3O)c2n1. The summed E-state index contributed by atoms with van der Waals surface area (Å²) < 4.78 is 48.4. The molecule has 1 saturated heterocycles. The number of nitrogens with one attached hydrogen (secondary N) is 1. The Bertz CT molecular complexity index is 1230. The average Bonchev–Trinajstić information content (AvgIpc) is 3.47. The highest BCUT2D eigenvalue weighted by molar-refractivity contribution is 7.97. The minimum absolute atomic E-state index is 0.254. The van der Waals surface area contributed by atoms with Crippen LogP contribution in [0, 0.1) is 5.92 Å². The van der Waals surface area contributed by atoms with Crippen LogP contribution in [0.3, 0.4) is 0 Å². The molecule has 36 heavy (non-hydrogen) atoms. The van der Waals surface area contributed by atoms with E-state index in [1.54, 1.807) is 12.3 Å². The first-order valence-electron chi connectivity index (χ1n) is 11.9. The number of fused-ring (bicyclic) bond motifs is 1. The van der Waals surface area contributed by atoms with Gasteiger partial charge in [0, 0.05) is 12.1 Å². The highest BCUT2D eigenvalue weighted by atomic mass is 32.2. The van der Waals surface area contributed by atoms with Gasteiger partial charge in [-0.2, -0.15) is 10.1 Å². The number of hydrogen-bond acceptors (Lipinski definition) is 10. The molecule has 5 N–H and O–H groups in total. The Balaban J connectivity index is 1.64. The second kappa shape index (κ2) is 10.5. The lowest BCUT2D eigenvalue weighted by molar-refractivity contribution is -0.0365. The van der Waals surface area contributed by atoms with Crippen LogP contribution >= 0.6 is 7.60 Å². The smallest absolute Gasteiger partial charge is 0.340 e. The van der Waals surface area contributed by atoms with Gasteiger partial charge >= 0.3 is 7.60 Å². The molecule has 202 valence electrons. The van der Waals surface area contributed by atoms with Crippen LogP contribution in [-0.4, -0.2) is 85.4 Å². The van der Waals surface area contributed by atoms with E-state index < -0.39 is 53.2 Å². The maximum Gasteiger partial charge on any atom is 0.340 e. The summed E-state index contributed by atoms with van der Waals surface area (Å²) in [6.45, 7) is 4.44. The van der Waals surface area contributed by atoms with Crippen LogP contribution in [-0.2, 0) is 19.1 Å². The standard InChI is InChI=1S/C21H33N4O9PS/c1-12(2)9-33-17-7-15(23-13-5-3-4-6-13)14-8-22-25(20(14)24-17)21-19(27)18(26)16(34-21)10-36(31,32)11-35(28,29)30/h7-8,12-13,16,18-19,21,26-27H,3-6,9-11H2,1-2H3,(H,23,24)(H2,28,29,30)/t16-,18-,19-,21-/m1/s1. The number of hydrogen-bond donors (Lipinski definition) is 5. The van der Waals surface area contributed by atoms with Crippen LogP contribution in [0.4, 0.5) is 5.69 Å². The first-order chi connectivity index (χ1) is 16.8. The molecule has 2 fully saturated rings. The summed E-state index contributed by atoms with van der Waals surface area (Å²) in [7, 11) is -9.14. The van der Waals surface area contributed by atoms with Crippen molar-refractivity contribution in [3.05, 3.63) is 12.3 Å². The monoisotopic (exact) mass is 548 g/mol. The summed E-state index contributed by atoms with van der Waals surface area (Å²) in [6, 6.07) is 2.09. The number of ether oxygens (including phenoxy) is 2. The Morgan fingerprint density at radius 3 is 2.58 bits per heavy atom. The summed E-state index contributed by atoms with van der Waals surface area (Å²) in [6.07, 6.45) is -0.0106. The van der Waals surface area contributed by atoms with Crippen molar-refractivity contribution in [2.45, 2.75) is 70.1 Å². The van der Waals surface area contributed by atoms with E-state index in [0.717, 1.165) is 31.4 Å². The average molecular weight is 549 g/mol. The third kappa shape index (κ3) is 6.36. The molecule has 15 heteroatoms. The van der Waals surface area contributed by atoms with Crippen LogP contribution in [0.25, 0.3) is 11.0 Å². The molecule has 0 amide bonds. The van der Waals surface area contributed by atoms with Crippen molar-refractivity contribution in [2.75, 3.05) is 23.2 Å². The number of aliphatic hydroxyl groups excluding tert-OH is 2. The van der Waals surface area contributed by atoms with E-state index in [-0.39, 0.29) is 12.0 Å². The first kappa shape index (κ1) is 27.2. The molecule has 0 spiro atoms. The fraction of sp³-hybridized carbons (Fsp3) is 0.714. The molecule has 13 nitrogen and oxygen atoms in total. The molecule has 1 aliphatic heterocycles. The molecule has 2 aromatic rings. The van der Waals surface area contributed by atoms with E-state index in [1.165, 1.54) is 4.68 Å². The van der Waals surface area contributed by atoms with E-state index in [2.05, 4.69) is 15.4 Å². The number of rotatable bonds is 10. The van der Waals surface area contributed by atoms with Crippen LogP contribution in [0.1, 0.15) is 45.8 Å². The van der Waals surface area contributed by atoms with Crippen LogP contribution in [0.2, 0.25) is 0 Å². The maximum absolute atomic E-state index is 12.2. The van der Waals surface area contributed by atoms with Gasteiger partial charge in [0.25, 0.3) is 0 Å². The van der Waals surface area contributed by atoms with Crippen molar-refractivity contribution in [1.29, 1.82) is 0 Å². The lowest BCUT2D eigenvalue weighted by atomic mass is 10.1. The second-order valence-corrected chi connectivity index (χ2v) is 14.1. The Kier molecular flexibility index (Phi) is 7.96. The topological polar surface area (TPSA) is 193 Å².